The minimum absolute atomic E-state index is 0. The van der Waals surface area contributed by atoms with Gasteiger partial charge in [0.25, 0.3) is 0 Å². The van der Waals surface area contributed by atoms with Crippen molar-refractivity contribution in [3.8, 4) is 12.1 Å². The highest BCUT2D eigenvalue weighted by atomic mass is 19.0. The molecule has 32 valence electrons. The van der Waals surface area contributed by atoms with Gasteiger partial charge < -0.3 is 0 Å². The van der Waals surface area contributed by atoms with Crippen LogP contribution < -0.4 is 0 Å². The Kier molecular flexibility index (Phi) is 13.4. The van der Waals surface area contributed by atoms with Crippen LogP contribution in [0.2, 0.25) is 0 Å². The molecule has 0 heterocycles. The first kappa shape index (κ1) is 8.86. The summed E-state index contributed by atoms with van der Waals surface area (Å²) in [5.74, 6) is 0. The summed E-state index contributed by atoms with van der Waals surface area (Å²) in [6, 6.07) is 3.31. The standard InChI is InChI=1S/C3H2N2.FH/c4-2-1-3-5;/h1H2;1H. The molecule has 0 saturated carbocycles. The molecule has 0 unspecified atom stereocenters. The normalized spacial score (nSPS) is 3.67. The van der Waals surface area contributed by atoms with Crippen LogP contribution in [0.1, 0.15) is 6.42 Å². The third-order valence-corrected chi connectivity index (χ3v) is 0.158. The van der Waals surface area contributed by atoms with Crippen molar-refractivity contribution in [1.82, 2.24) is 0 Å². The minimum atomic E-state index is 0. The van der Waals surface area contributed by atoms with Gasteiger partial charge in [-0.2, -0.15) is 10.5 Å². The van der Waals surface area contributed by atoms with Crippen molar-refractivity contribution in [2.24, 2.45) is 0 Å². The Hall–Kier alpha value is -1.09. The number of nitrogens with zero attached hydrogens (tertiary/aromatic N) is 2. The van der Waals surface area contributed by atoms with Crippen LogP contribution in [-0.4, -0.2) is 0 Å². The van der Waals surface area contributed by atoms with Crippen LogP contribution in [0.15, 0.2) is 0 Å². The van der Waals surface area contributed by atoms with Gasteiger partial charge in [0.2, 0.25) is 0 Å². The van der Waals surface area contributed by atoms with Crippen LogP contribution in [0.4, 0.5) is 4.70 Å². The van der Waals surface area contributed by atoms with Crippen LogP contribution in [-0.2, 0) is 0 Å². The fraction of sp³-hybridized carbons (Fsp3) is 0.333. The van der Waals surface area contributed by atoms with Crippen molar-refractivity contribution in [3.05, 3.63) is 0 Å². The molecule has 6 heavy (non-hydrogen) atoms. The Labute approximate surface area is 35.0 Å². The summed E-state index contributed by atoms with van der Waals surface area (Å²) in [6.45, 7) is 0. The zero-order valence-electron chi connectivity index (χ0n) is 3.01. The summed E-state index contributed by atoms with van der Waals surface area (Å²) in [5, 5.41) is 15.2. The molecule has 0 saturated heterocycles. The van der Waals surface area contributed by atoms with Gasteiger partial charge >= 0.3 is 0 Å². The number of hydrogen-bond donors (Lipinski definition) is 0. The number of halogens is 1. The van der Waals surface area contributed by atoms with Crippen molar-refractivity contribution in [2.75, 3.05) is 0 Å². The highest BCUT2D eigenvalue weighted by Gasteiger charge is 1.61. The average molecular weight is 86.1 g/mol. The van der Waals surface area contributed by atoms with Gasteiger partial charge in [-0.05, 0) is 0 Å². The van der Waals surface area contributed by atoms with Crippen molar-refractivity contribution >= 4 is 0 Å². The monoisotopic (exact) mass is 86.0 g/mol. The van der Waals surface area contributed by atoms with Crippen molar-refractivity contribution in [2.45, 2.75) is 6.42 Å². The van der Waals surface area contributed by atoms with Gasteiger partial charge in [-0.25, -0.2) is 0 Å². The lowest BCUT2D eigenvalue weighted by Gasteiger charge is -1.45. The smallest absolute Gasteiger partial charge is 0.122 e. The minimum Gasteiger partial charge on any atom is -0.269 e. The molecular weight excluding hydrogens is 83.0 g/mol. The zero-order valence-corrected chi connectivity index (χ0v) is 3.01. The lowest BCUT2D eigenvalue weighted by Crippen LogP contribution is -1.47. The highest BCUT2D eigenvalue weighted by Crippen LogP contribution is 1.59. The van der Waals surface area contributed by atoms with Gasteiger partial charge in [0.15, 0.2) is 0 Å². The largest absolute Gasteiger partial charge is 0.269 e. The first-order valence-corrected chi connectivity index (χ1v) is 1.15. The highest BCUT2D eigenvalue weighted by molar-refractivity contribution is 4.85. The third kappa shape index (κ3) is 12.8. The topological polar surface area (TPSA) is 47.6 Å². The van der Waals surface area contributed by atoms with E-state index in [1.54, 1.807) is 12.1 Å². The molecule has 0 aromatic rings. The molecule has 0 aromatic heterocycles. The molecule has 0 spiro atoms. The van der Waals surface area contributed by atoms with Gasteiger partial charge in [0.05, 0.1) is 12.1 Å². The molecule has 0 aliphatic rings. The van der Waals surface area contributed by atoms with E-state index >= 15 is 0 Å². The molecule has 0 rings (SSSR count). The molecule has 0 aliphatic carbocycles. The molecule has 2 nitrogen and oxygen atoms in total. The molecule has 0 atom stereocenters. The summed E-state index contributed by atoms with van der Waals surface area (Å²) in [7, 11) is 0. The Morgan fingerprint density at radius 1 is 1.17 bits per heavy atom. The summed E-state index contributed by atoms with van der Waals surface area (Å²) in [6.07, 6.45) is 0. The van der Waals surface area contributed by atoms with E-state index < -0.39 is 0 Å². The zero-order chi connectivity index (χ0) is 4.12. The molecule has 0 aromatic carbocycles. The summed E-state index contributed by atoms with van der Waals surface area (Å²) in [5.41, 5.74) is 0. The Morgan fingerprint density at radius 2 is 1.50 bits per heavy atom. The SMILES string of the molecule is F.N#CCC#N. The van der Waals surface area contributed by atoms with Crippen LogP contribution >= 0.6 is 0 Å². The maximum absolute atomic E-state index is 7.59. The van der Waals surface area contributed by atoms with E-state index in [-0.39, 0.29) is 11.1 Å². The summed E-state index contributed by atoms with van der Waals surface area (Å²) in [4.78, 5) is 0. The first-order chi connectivity index (χ1) is 2.41. The van der Waals surface area contributed by atoms with E-state index in [9.17, 15) is 0 Å². The van der Waals surface area contributed by atoms with Crippen molar-refractivity contribution in [3.63, 3.8) is 0 Å². The fourth-order valence-electron chi connectivity index (χ4n) is 0.0354. The average Bonchev–Trinajstić information content (AvgIpc) is 1.41. The first-order valence-electron chi connectivity index (χ1n) is 1.15. The molecule has 0 fully saturated rings. The quantitative estimate of drug-likeness (QED) is 0.432. The van der Waals surface area contributed by atoms with Crippen LogP contribution in [0.3, 0.4) is 0 Å². The van der Waals surface area contributed by atoms with Gasteiger partial charge in [-0.1, -0.05) is 0 Å². The summed E-state index contributed by atoms with van der Waals surface area (Å²) >= 11 is 0. The van der Waals surface area contributed by atoms with E-state index in [2.05, 4.69) is 0 Å². The van der Waals surface area contributed by atoms with E-state index in [4.69, 9.17) is 10.5 Å². The van der Waals surface area contributed by atoms with Crippen LogP contribution in [0, 0.1) is 22.7 Å². The van der Waals surface area contributed by atoms with E-state index in [1.807, 2.05) is 0 Å². The Morgan fingerprint density at radius 3 is 1.50 bits per heavy atom. The molecule has 0 amide bonds. The lowest BCUT2D eigenvalue weighted by atomic mass is 10.5. The lowest BCUT2D eigenvalue weighted by molar-refractivity contribution is 1.11. The van der Waals surface area contributed by atoms with E-state index in [0.717, 1.165) is 0 Å². The molecule has 3 heteroatoms. The second kappa shape index (κ2) is 9.08. The van der Waals surface area contributed by atoms with Crippen molar-refractivity contribution in [1.29, 1.82) is 10.5 Å². The van der Waals surface area contributed by atoms with Gasteiger partial charge in [-0.15, -0.1) is 0 Å². The maximum Gasteiger partial charge on any atom is 0.122 e. The van der Waals surface area contributed by atoms with Gasteiger partial charge in [-0.3, -0.25) is 4.70 Å². The number of rotatable bonds is 0. The Balaban J connectivity index is 0. The summed E-state index contributed by atoms with van der Waals surface area (Å²) < 4.78 is 0. The Bertz CT molecular complexity index is 73.9. The van der Waals surface area contributed by atoms with Gasteiger partial charge in [0.1, 0.15) is 6.42 Å². The van der Waals surface area contributed by atoms with Crippen LogP contribution in [0.25, 0.3) is 0 Å². The predicted octanol–water partition coefficient (Wildman–Crippen LogP) is 0.576. The van der Waals surface area contributed by atoms with E-state index in [0.29, 0.717) is 0 Å². The number of hydrogen-bond acceptors (Lipinski definition) is 2. The molecule has 0 radical (unpaired) electrons. The molecule has 0 N–H and O–H groups in total. The fourth-order valence-corrected chi connectivity index (χ4v) is 0.0354. The second-order valence-electron chi connectivity index (χ2n) is 0.493. The molecule has 0 aliphatic heterocycles. The van der Waals surface area contributed by atoms with E-state index in [1.165, 1.54) is 0 Å². The maximum atomic E-state index is 7.59. The molecule has 0 bridgehead atoms. The second-order valence-corrected chi connectivity index (χ2v) is 0.493. The van der Waals surface area contributed by atoms with Gasteiger partial charge in [0, 0.05) is 0 Å². The molecular formula is C3H3FN2. The van der Waals surface area contributed by atoms with Crippen molar-refractivity contribution < 1.29 is 4.70 Å². The third-order valence-electron chi connectivity index (χ3n) is 0.158. The van der Waals surface area contributed by atoms with Crippen LogP contribution in [0.5, 0.6) is 0 Å². The number of nitriles is 2. The predicted molar refractivity (Wildman–Crippen MR) is 18.3 cm³/mol.